The van der Waals surface area contributed by atoms with Crippen molar-refractivity contribution < 1.29 is 9.47 Å². The second kappa shape index (κ2) is 12.6. The van der Waals surface area contributed by atoms with E-state index in [1.807, 2.05) is 6.07 Å². The molecular formula is C21H36N4O2. The lowest BCUT2D eigenvalue weighted by Crippen LogP contribution is -2.40. The van der Waals surface area contributed by atoms with Crippen LogP contribution in [0.4, 0.5) is 5.69 Å². The molecule has 1 aliphatic rings. The van der Waals surface area contributed by atoms with Crippen LogP contribution in [-0.2, 0) is 9.47 Å². The molecule has 27 heavy (non-hydrogen) atoms. The summed E-state index contributed by atoms with van der Waals surface area (Å²) in [6.07, 6.45) is 3.55. The number of ether oxygens (including phenoxy) is 2. The van der Waals surface area contributed by atoms with Crippen LogP contribution in [-0.4, -0.2) is 64.6 Å². The van der Waals surface area contributed by atoms with Gasteiger partial charge in [0.2, 0.25) is 0 Å². The van der Waals surface area contributed by atoms with E-state index in [2.05, 4.69) is 60.7 Å². The zero-order chi connectivity index (χ0) is 19.3. The van der Waals surface area contributed by atoms with Crippen molar-refractivity contribution in [1.82, 2.24) is 10.6 Å². The Hall–Kier alpha value is -1.79. The van der Waals surface area contributed by atoms with Crippen LogP contribution in [0.15, 0.2) is 35.3 Å². The Morgan fingerprint density at radius 2 is 2.15 bits per heavy atom. The predicted octanol–water partition coefficient (Wildman–Crippen LogP) is 2.65. The number of benzene rings is 1. The standard InChI is InChI=1S/C21H36N4O2/c1-4-22-21(23-13-9-14-26-17-20-12-8-15-27-20)24-16-18(2)25(3)19-10-6-5-7-11-19/h5-7,10-11,18,20H,4,8-9,12-17H2,1-3H3,(H2,22,23,24). The predicted molar refractivity (Wildman–Crippen MR) is 113 cm³/mol. The lowest BCUT2D eigenvalue weighted by molar-refractivity contribution is 0.0168. The maximum Gasteiger partial charge on any atom is 0.191 e. The zero-order valence-corrected chi connectivity index (χ0v) is 17.1. The Morgan fingerprint density at radius 3 is 2.85 bits per heavy atom. The molecule has 1 aromatic rings. The van der Waals surface area contributed by atoms with Gasteiger partial charge >= 0.3 is 0 Å². The lowest BCUT2D eigenvalue weighted by Gasteiger charge is -2.26. The minimum absolute atomic E-state index is 0.305. The van der Waals surface area contributed by atoms with Gasteiger partial charge in [0.05, 0.1) is 19.3 Å². The van der Waals surface area contributed by atoms with Gasteiger partial charge in [0, 0.05) is 45.1 Å². The molecule has 152 valence electrons. The molecule has 6 heteroatoms. The minimum atomic E-state index is 0.305. The van der Waals surface area contributed by atoms with Gasteiger partial charge in [-0.25, -0.2) is 0 Å². The van der Waals surface area contributed by atoms with E-state index < -0.39 is 0 Å². The first kappa shape index (κ1) is 21.5. The van der Waals surface area contributed by atoms with Gasteiger partial charge in [-0.3, -0.25) is 4.99 Å². The Labute approximate surface area is 164 Å². The summed E-state index contributed by atoms with van der Waals surface area (Å²) in [6, 6.07) is 10.7. The van der Waals surface area contributed by atoms with E-state index in [4.69, 9.17) is 14.5 Å². The number of rotatable bonds is 11. The van der Waals surface area contributed by atoms with Crippen LogP contribution in [0, 0.1) is 0 Å². The molecule has 2 rings (SSSR count). The molecular weight excluding hydrogens is 340 g/mol. The van der Waals surface area contributed by atoms with Crippen LogP contribution in [0.1, 0.15) is 33.1 Å². The number of hydrogen-bond donors (Lipinski definition) is 2. The molecule has 0 radical (unpaired) electrons. The van der Waals surface area contributed by atoms with Crippen molar-refractivity contribution in [2.24, 2.45) is 4.99 Å². The molecule has 0 spiro atoms. The summed E-state index contributed by atoms with van der Waals surface area (Å²) in [4.78, 5) is 6.99. The maximum atomic E-state index is 5.71. The van der Waals surface area contributed by atoms with Gasteiger partial charge in [-0.2, -0.15) is 0 Å². The molecule has 2 atom stereocenters. The van der Waals surface area contributed by atoms with Gasteiger partial charge in [-0.1, -0.05) is 18.2 Å². The molecule has 0 bridgehead atoms. The summed E-state index contributed by atoms with van der Waals surface area (Å²) in [6.45, 7) is 9.06. The molecule has 2 N–H and O–H groups in total. The summed E-state index contributed by atoms with van der Waals surface area (Å²) in [7, 11) is 2.11. The minimum Gasteiger partial charge on any atom is -0.379 e. The third-order valence-electron chi connectivity index (χ3n) is 4.77. The summed E-state index contributed by atoms with van der Waals surface area (Å²) < 4.78 is 11.3. The molecule has 0 amide bonds. The number of guanidine groups is 1. The smallest absolute Gasteiger partial charge is 0.191 e. The van der Waals surface area contributed by atoms with E-state index in [-0.39, 0.29) is 0 Å². The Balaban J connectivity index is 1.66. The average molecular weight is 377 g/mol. The first-order chi connectivity index (χ1) is 13.2. The first-order valence-corrected chi connectivity index (χ1v) is 10.2. The molecule has 0 saturated carbocycles. The third kappa shape index (κ3) is 8.18. The molecule has 1 aromatic carbocycles. The van der Waals surface area contributed by atoms with Crippen LogP contribution in [0.5, 0.6) is 0 Å². The second-order valence-electron chi connectivity index (χ2n) is 7.01. The first-order valence-electron chi connectivity index (χ1n) is 10.2. The normalized spacial score (nSPS) is 18.3. The molecule has 6 nitrogen and oxygen atoms in total. The van der Waals surface area contributed by atoms with Crippen molar-refractivity contribution in [3.8, 4) is 0 Å². The monoisotopic (exact) mass is 376 g/mol. The van der Waals surface area contributed by atoms with Gasteiger partial charge in [0.15, 0.2) is 5.96 Å². The van der Waals surface area contributed by atoms with E-state index in [1.54, 1.807) is 0 Å². The van der Waals surface area contributed by atoms with Gasteiger partial charge in [-0.05, 0) is 45.2 Å². The topological polar surface area (TPSA) is 58.1 Å². The molecule has 1 saturated heterocycles. The van der Waals surface area contributed by atoms with Crippen molar-refractivity contribution in [3.05, 3.63) is 30.3 Å². The van der Waals surface area contributed by atoms with Gasteiger partial charge in [0.25, 0.3) is 0 Å². The zero-order valence-electron chi connectivity index (χ0n) is 17.1. The fourth-order valence-electron chi connectivity index (χ4n) is 2.98. The average Bonchev–Trinajstić information content (AvgIpc) is 3.22. The van der Waals surface area contributed by atoms with Crippen LogP contribution in [0.3, 0.4) is 0 Å². The summed E-state index contributed by atoms with van der Waals surface area (Å²) in [5.74, 6) is 0.866. The Morgan fingerprint density at radius 1 is 1.33 bits per heavy atom. The van der Waals surface area contributed by atoms with Crippen molar-refractivity contribution in [1.29, 1.82) is 0 Å². The molecule has 1 heterocycles. The number of nitrogens with zero attached hydrogens (tertiary/aromatic N) is 2. The summed E-state index contributed by atoms with van der Waals surface area (Å²) in [5, 5.41) is 6.70. The molecule has 1 aliphatic heterocycles. The highest BCUT2D eigenvalue weighted by atomic mass is 16.5. The summed E-state index contributed by atoms with van der Waals surface area (Å²) >= 11 is 0. The van der Waals surface area contributed by atoms with E-state index in [1.165, 1.54) is 5.69 Å². The quantitative estimate of drug-likeness (QED) is 0.353. The van der Waals surface area contributed by atoms with E-state index in [0.29, 0.717) is 12.1 Å². The van der Waals surface area contributed by atoms with Gasteiger partial charge in [-0.15, -0.1) is 0 Å². The van der Waals surface area contributed by atoms with Gasteiger partial charge in [0.1, 0.15) is 0 Å². The highest BCUT2D eigenvalue weighted by Gasteiger charge is 2.15. The number of nitrogens with one attached hydrogen (secondary N) is 2. The molecule has 1 fully saturated rings. The van der Waals surface area contributed by atoms with E-state index in [9.17, 15) is 0 Å². The summed E-state index contributed by atoms with van der Waals surface area (Å²) in [5.41, 5.74) is 1.21. The number of hydrogen-bond acceptors (Lipinski definition) is 4. The largest absolute Gasteiger partial charge is 0.379 e. The molecule has 0 aromatic heterocycles. The molecule has 0 aliphatic carbocycles. The van der Waals surface area contributed by atoms with Crippen LogP contribution < -0.4 is 15.5 Å². The number of likely N-dealkylation sites (N-methyl/N-ethyl adjacent to an activating group) is 1. The van der Waals surface area contributed by atoms with Crippen molar-refractivity contribution in [2.45, 2.75) is 45.3 Å². The third-order valence-corrected chi connectivity index (χ3v) is 4.77. The van der Waals surface area contributed by atoms with E-state index >= 15 is 0 Å². The van der Waals surface area contributed by atoms with E-state index in [0.717, 1.165) is 64.7 Å². The number of anilines is 1. The lowest BCUT2D eigenvalue weighted by atomic mass is 10.2. The van der Waals surface area contributed by atoms with Crippen molar-refractivity contribution in [3.63, 3.8) is 0 Å². The van der Waals surface area contributed by atoms with Crippen molar-refractivity contribution in [2.75, 3.05) is 51.4 Å². The second-order valence-corrected chi connectivity index (χ2v) is 7.01. The SMILES string of the molecule is CCNC(=NCC(C)N(C)c1ccccc1)NCCCOCC1CCCO1. The molecule has 2 unspecified atom stereocenters. The number of para-hydroxylation sites is 1. The Bertz CT molecular complexity index is 532. The maximum absolute atomic E-state index is 5.71. The van der Waals surface area contributed by atoms with Gasteiger partial charge < -0.3 is 25.0 Å². The fraction of sp³-hybridized carbons (Fsp3) is 0.667. The van der Waals surface area contributed by atoms with Crippen LogP contribution in [0.2, 0.25) is 0 Å². The fourth-order valence-corrected chi connectivity index (χ4v) is 2.98. The van der Waals surface area contributed by atoms with Crippen LogP contribution >= 0.6 is 0 Å². The van der Waals surface area contributed by atoms with Crippen molar-refractivity contribution >= 4 is 11.6 Å². The Kier molecular flexibility index (Phi) is 10.0. The highest BCUT2D eigenvalue weighted by molar-refractivity contribution is 5.79. The number of aliphatic imine (C=N–C) groups is 1. The van der Waals surface area contributed by atoms with Crippen LogP contribution in [0.25, 0.3) is 0 Å². The highest BCUT2D eigenvalue weighted by Crippen LogP contribution is 2.14.